The van der Waals surface area contributed by atoms with Gasteiger partial charge < -0.3 is 16.0 Å². The maximum atomic E-state index is 12.5. The molecule has 22 heavy (non-hydrogen) atoms. The van der Waals surface area contributed by atoms with Crippen LogP contribution < -0.4 is 11.1 Å². The first-order valence-electron chi connectivity index (χ1n) is 7.11. The first-order chi connectivity index (χ1) is 9.63. The molecule has 5 nitrogen and oxygen atoms in total. The molecule has 1 aliphatic carbocycles. The van der Waals surface area contributed by atoms with Crippen molar-refractivity contribution in [3.8, 4) is 0 Å². The van der Waals surface area contributed by atoms with E-state index in [0.717, 1.165) is 48.2 Å². The van der Waals surface area contributed by atoms with Crippen molar-refractivity contribution in [1.82, 2.24) is 9.97 Å². The molecule has 0 spiro atoms. The fraction of sp³-hybridized carbons (Fsp3) is 0.467. The van der Waals surface area contributed by atoms with E-state index in [4.69, 9.17) is 5.73 Å². The third-order valence-corrected chi connectivity index (χ3v) is 4.29. The van der Waals surface area contributed by atoms with Gasteiger partial charge in [-0.2, -0.15) is 0 Å². The summed E-state index contributed by atoms with van der Waals surface area (Å²) in [5.74, 6) is 0.922. The monoisotopic (exact) mass is 344 g/mol. The zero-order valence-corrected chi connectivity index (χ0v) is 14.1. The van der Waals surface area contributed by atoms with Gasteiger partial charge in [0.2, 0.25) is 5.91 Å². The minimum atomic E-state index is -0.376. The van der Waals surface area contributed by atoms with Crippen molar-refractivity contribution in [2.45, 2.75) is 32.6 Å². The highest BCUT2D eigenvalue weighted by Crippen LogP contribution is 2.38. The number of carbonyl (C=O) groups excluding carboxylic acids is 1. The van der Waals surface area contributed by atoms with Gasteiger partial charge in [-0.05, 0) is 38.0 Å². The van der Waals surface area contributed by atoms with Crippen LogP contribution in [-0.4, -0.2) is 22.4 Å². The summed E-state index contributed by atoms with van der Waals surface area (Å²) in [5, 5.41) is 3.01. The average Bonchev–Trinajstić information content (AvgIpc) is 3.04. The van der Waals surface area contributed by atoms with Gasteiger partial charge in [-0.15, -0.1) is 24.8 Å². The number of aryl methyl sites for hydroxylation is 1. The summed E-state index contributed by atoms with van der Waals surface area (Å²) in [4.78, 5) is 20.0. The average molecular weight is 345 g/mol. The van der Waals surface area contributed by atoms with E-state index in [1.807, 2.05) is 25.1 Å². The molecule has 0 unspecified atom stereocenters. The van der Waals surface area contributed by atoms with E-state index in [9.17, 15) is 4.79 Å². The number of H-pyrrole nitrogens is 1. The summed E-state index contributed by atoms with van der Waals surface area (Å²) in [7, 11) is 0. The molecule has 1 fully saturated rings. The summed E-state index contributed by atoms with van der Waals surface area (Å²) >= 11 is 0. The van der Waals surface area contributed by atoms with Crippen molar-refractivity contribution < 1.29 is 4.79 Å². The minimum Gasteiger partial charge on any atom is -0.342 e. The van der Waals surface area contributed by atoms with Gasteiger partial charge in [-0.1, -0.05) is 12.8 Å². The number of amides is 1. The summed E-state index contributed by atoms with van der Waals surface area (Å²) in [5.41, 5.74) is 8.11. The number of nitrogens with two attached hydrogens (primary N) is 1. The molecule has 122 valence electrons. The van der Waals surface area contributed by atoms with E-state index in [0.29, 0.717) is 6.54 Å². The number of nitrogens with one attached hydrogen (secondary N) is 2. The number of anilines is 1. The molecule has 1 aromatic carbocycles. The zero-order valence-electron chi connectivity index (χ0n) is 12.5. The normalized spacial score (nSPS) is 15.9. The summed E-state index contributed by atoms with van der Waals surface area (Å²) in [6.45, 7) is 2.34. The number of rotatable bonds is 3. The van der Waals surface area contributed by atoms with Gasteiger partial charge in [-0.25, -0.2) is 4.98 Å². The van der Waals surface area contributed by atoms with Crippen molar-refractivity contribution in [1.29, 1.82) is 0 Å². The molecule has 0 radical (unpaired) electrons. The first-order valence-corrected chi connectivity index (χ1v) is 7.11. The number of carbonyl (C=O) groups is 1. The van der Waals surface area contributed by atoms with Crippen LogP contribution in [0.5, 0.6) is 0 Å². The van der Waals surface area contributed by atoms with Gasteiger partial charge in [0, 0.05) is 12.2 Å². The maximum absolute atomic E-state index is 12.5. The summed E-state index contributed by atoms with van der Waals surface area (Å²) in [6, 6.07) is 5.73. The molecular weight excluding hydrogens is 323 g/mol. The summed E-state index contributed by atoms with van der Waals surface area (Å²) < 4.78 is 0. The van der Waals surface area contributed by atoms with Crippen molar-refractivity contribution in [2.24, 2.45) is 11.1 Å². The Balaban J connectivity index is 0.00000121. The van der Waals surface area contributed by atoms with Gasteiger partial charge in [-0.3, -0.25) is 4.79 Å². The van der Waals surface area contributed by atoms with Crippen molar-refractivity contribution in [3.63, 3.8) is 0 Å². The fourth-order valence-corrected chi connectivity index (χ4v) is 3.05. The van der Waals surface area contributed by atoms with E-state index < -0.39 is 0 Å². The Bertz CT molecular complexity index is 650. The van der Waals surface area contributed by atoms with Gasteiger partial charge in [0.05, 0.1) is 16.4 Å². The third-order valence-electron chi connectivity index (χ3n) is 4.29. The standard InChI is InChI=1S/C15H20N4O.2ClH/c1-10-17-12-5-4-11(8-13(12)18-10)19-14(20)15(9-16)6-2-3-7-15;;/h4-5,8H,2-3,6-7,9,16H2,1H3,(H,17,18)(H,19,20);2*1H. The van der Waals surface area contributed by atoms with Crippen LogP contribution in [0.15, 0.2) is 18.2 Å². The van der Waals surface area contributed by atoms with Crippen LogP contribution in [0.4, 0.5) is 5.69 Å². The van der Waals surface area contributed by atoms with E-state index in [2.05, 4.69) is 15.3 Å². The van der Waals surface area contributed by atoms with Crippen molar-refractivity contribution in [3.05, 3.63) is 24.0 Å². The Labute approximate surface area is 142 Å². The maximum Gasteiger partial charge on any atom is 0.231 e. The van der Waals surface area contributed by atoms with Crippen LogP contribution in [0.3, 0.4) is 0 Å². The summed E-state index contributed by atoms with van der Waals surface area (Å²) in [6.07, 6.45) is 3.95. The van der Waals surface area contributed by atoms with E-state index in [-0.39, 0.29) is 36.1 Å². The molecule has 4 N–H and O–H groups in total. The third kappa shape index (κ3) is 3.37. The van der Waals surface area contributed by atoms with Crippen LogP contribution in [0, 0.1) is 12.3 Å². The van der Waals surface area contributed by atoms with Crippen molar-refractivity contribution >= 4 is 47.4 Å². The molecule has 1 heterocycles. The molecule has 7 heteroatoms. The highest BCUT2D eigenvalue weighted by atomic mass is 35.5. The van der Waals surface area contributed by atoms with E-state index in [1.54, 1.807) is 0 Å². The van der Waals surface area contributed by atoms with E-state index in [1.165, 1.54) is 0 Å². The lowest BCUT2D eigenvalue weighted by Gasteiger charge is -2.25. The molecule has 0 atom stereocenters. The molecule has 3 rings (SSSR count). The predicted molar refractivity (Wildman–Crippen MR) is 93.9 cm³/mol. The highest BCUT2D eigenvalue weighted by molar-refractivity contribution is 5.97. The van der Waals surface area contributed by atoms with Gasteiger partial charge in [0.15, 0.2) is 0 Å². The lowest BCUT2D eigenvalue weighted by atomic mass is 9.85. The van der Waals surface area contributed by atoms with Crippen LogP contribution in [0.2, 0.25) is 0 Å². The minimum absolute atomic E-state index is 0. The van der Waals surface area contributed by atoms with Crippen LogP contribution in [0.25, 0.3) is 11.0 Å². The molecule has 1 amide bonds. The second-order valence-electron chi connectivity index (χ2n) is 5.70. The van der Waals surface area contributed by atoms with Gasteiger partial charge in [0.1, 0.15) is 5.82 Å². The molecule has 1 aromatic heterocycles. The zero-order chi connectivity index (χ0) is 14.2. The second-order valence-corrected chi connectivity index (χ2v) is 5.70. The molecule has 0 saturated heterocycles. The fourth-order valence-electron chi connectivity index (χ4n) is 3.05. The quantitative estimate of drug-likeness (QED) is 0.799. The Morgan fingerprint density at radius 2 is 2.05 bits per heavy atom. The Kier molecular flexibility index (Phi) is 6.23. The predicted octanol–water partition coefficient (Wildman–Crippen LogP) is 3.17. The lowest BCUT2D eigenvalue weighted by Crippen LogP contribution is -2.40. The van der Waals surface area contributed by atoms with Gasteiger partial charge in [0.25, 0.3) is 0 Å². The van der Waals surface area contributed by atoms with Crippen molar-refractivity contribution in [2.75, 3.05) is 11.9 Å². The molecule has 1 aliphatic rings. The molecule has 0 bridgehead atoms. The number of hydrogen-bond acceptors (Lipinski definition) is 3. The number of imidazole rings is 1. The topological polar surface area (TPSA) is 83.8 Å². The lowest BCUT2D eigenvalue weighted by molar-refractivity contribution is -0.124. The van der Waals surface area contributed by atoms with Gasteiger partial charge >= 0.3 is 0 Å². The largest absolute Gasteiger partial charge is 0.342 e. The molecule has 1 saturated carbocycles. The Morgan fingerprint density at radius 3 is 2.68 bits per heavy atom. The highest BCUT2D eigenvalue weighted by Gasteiger charge is 2.39. The first kappa shape index (κ1) is 18.7. The smallest absolute Gasteiger partial charge is 0.231 e. The number of aromatic nitrogens is 2. The SMILES string of the molecule is Cc1nc2ccc(NC(=O)C3(CN)CCCC3)cc2[nH]1.Cl.Cl. The van der Waals surface area contributed by atoms with Crippen LogP contribution in [-0.2, 0) is 4.79 Å². The Morgan fingerprint density at radius 1 is 1.36 bits per heavy atom. The molecule has 2 aromatic rings. The second kappa shape index (κ2) is 7.31. The number of hydrogen-bond donors (Lipinski definition) is 3. The molecule has 0 aliphatic heterocycles. The van der Waals surface area contributed by atoms with Crippen LogP contribution >= 0.6 is 24.8 Å². The van der Waals surface area contributed by atoms with Crippen LogP contribution in [0.1, 0.15) is 31.5 Å². The number of aromatic amines is 1. The number of fused-ring (bicyclic) bond motifs is 1. The van der Waals surface area contributed by atoms with E-state index >= 15 is 0 Å². The number of nitrogens with zero attached hydrogens (tertiary/aromatic N) is 1. The Hall–Kier alpha value is -1.30. The molecular formula is C15H22Cl2N4O. The number of benzene rings is 1. The number of halogens is 2.